The maximum Gasteiger partial charge on any atom is 0.248 e. The molecule has 0 bridgehead atoms. The molecule has 0 saturated heterocycles. The molecule has 0 aliphatic carbocycles. The molecule has 120 valence electrons. The molecule has 0 fully saturated rings. The van der Waals surface area contributed by atoms with Crippen LogP contribution in [-0.2, 0) is 4.79 Å². The summed E-state index contributed by atoms with van der Waals surface area (Å²) in [4.78, 5) is 12.0. The third kappa shape index (κ3) is 4.60. The second-order valence-corrected chi connectivity index (χ2v) is 5.81. The first-order valence-corrected chi connectivity index (χ1v) is 7.80. The van der Waals surface area contributed by atoms with Crippen LogP contribution in [0.4, 0.5) is 5.69 Å². The molecule has 0 spiro atoms. The number of methoxy groups -OCH3 is 2. The second kappa shape index (κ2) is 7.83. The first kappa shape index (κ1) is 17.1. The standard InChI is InChI=1S/C18H18BrNO3/c1-12-10-14(19)6-7-15(12)20-18(21)9-5-13-4-8-16(22-2)17(11-13)23-3/h4-11H,1-3H3,(H,20,21)/b9-5+. The van der Waals surface area contributed by atoms with Crippen LogP contribution in [0, 0.1) is 6.92 Å². The lowest BCUT2D eigenvalue weighted by atomic mass is 10.1. The molecule has 0 aliphatic heterocycles. The summed E-state index contributed by atoms with van der Waals surface area (Å²) in [5.74, 6) is 1.09. The average Bonchev–Trinajstić information content (AvgIpc) is 2.55. The van der Waals surface area contributed by atoms with Crippen molar-refractivity contribution in [2.24, 2.45) is 0 Å². The summed E-state index contributed by atoms with van der Waals surface area (Å²) >= 11 is 3.40. The number of ether oxygens (including phenoxy) is 2. The van der Waals surface area contributed by atoms with E-state index in [2.05, 4.69) is 21.2 Å². The van der Waals surface area contributed by atoms with Gasteiger partial charge in [-0.15, -0.1) is 0 Å². The van der Waals surface area contributed by atoms with Crippen molar-refractivity contribution in [1.82, 2.24) is 0 Å². The van der Waals surface area contributed by atoms with Crippen LogP contribution >= 0.6 is 15.9 Å². The van der Waals surface area contributed by atoms with E-state index < -0.39 is 0 Å². The van der Waals surface area contributed by atoms with Gasteiger partial charge in [0.2, 0.25) is 5.91 Å². The van der Waals surface area contributed by atoms with Gasteiger partial charge in [-0.3, -0.25) is 4.79 Å². The maximum atomic E-state index is 12.0. The molecule has 0 heterocycles. The molecule has 0 unspecified atom stereocenters. The van der Waals surface area contributed by atoms with E-state index in [-0.39, 0.29) is 5.91 Å². The summed E-state index contributed by atoms with van der Waals surface area (Å²) in [7, 11) is 3.16. The predicted octanol–water partition coefficient (Wildman–Crippen LogP) is 4.43. The Morgan fingerprint density at radius 2 is 1.83 bits per heavy atom. The van der Waals surface area contributed by atoms with Gasteiger partial charge in [-0.25, -0.2) is 0 Å². The van der Waals surface area contributed by atoms with Gasteiger partial charge in [-0.1, -0.05) is 22.0 Å². The highest BCUT2D eigenvalue weighted by molar-refractivity contribution is 9.10. The summed E-state index contributed by atoms with van der Waals surface area (Å²) in [5, 5.41) is 2.86. The Labute approximate surface area is 144 Å². The van der Waals surface area contributed by atoms with Gasteiger partial charge in [0.1, 0.15) is 0 Å². The maximum absolute atomic E-state index is 12.0. The monoisotopic (exact) mass is 375 g/mol. The van der Waals surface area contributed by atoms with E-state index in [0.29, 0.717) is 11.5 Å². The number of rotatable bonds is 5. The molecular weight excluding hydrogens is 358 g/mol. The van der Waals surface area contributed by atoms with Crippen LogP contribution in [0.2, 0.25) is 0 Å². The normalized spacial score (nSPS) is 10.6. The largest absolute Gasteiger partial charge is 0.493 e. The molecule has 1 N–H and O–H groups in total. The van der Waals surface area contributed by atoms with Crippen molar-refractivity contribution in [3.05, 3.63) is 58.1 Å². The van der Waals surface area contributed by atoms with Crippen LogP contribution < -0.4 is 14.8 Å². The van der Waals surface area contributed by atoms with E-state index in [4.69, 9.17) is 9.47 Å². The van der Waals surface area contributed by atoms with Crippen LogP contribution in [0.15, 0.2) is 46.9 Å². The van der Waals surface area contributed by atoms with Crippen LogP contribution in [0.1, 0.15) is 11.1 Å². The minimum atomic E-state index is -0.190. The van der Waals surface area contributed by atoms with Crippen LogP contribution in [0.25, 0.3) is 6.08 Å². The second-order valence-electron chi connectivity index (χ2n) is 4.90. The molecule has 0 radical (unpaired) electrons. The lowest BCUT2D eigenvalue weighted by Gasteiger charge is -2.08. The van der Waals surface area contributed by atoms with Crippen LogP contribution in [-0.4, -0.2) is 20.1 Å². The Morgan fingerprint density at radius 3 is 2.48 bits per heavy atom. The van der Waals surface area contributed by atoms with E-state index in [1.807, 2.05) is 37.3 Å². The van der Waals surface area contributed by atoms with Gasteiger partial charge in [0.25, 0.3) is 0 Å². The Morgan fingerprint density at radius 1 is 1.09 bits per heavy atom. The van der Waals surface area contributed by atoms with E-state index in [1.54, 1.807) is 26.4 Å². The van der Waals surface area contributed by atoms with Crippen molar-refractivity contribution in [2.75, 3.05) is 19.5 Å². The zero-order valence-corrected chi connectivity index (χ0v) is 14.8. The molecular formula is C18H18BrNO3. The number of carbonyl (C=O) groups is 1. The van der Waals surface area contributed by atoms with Crippen molar-refractivity contribution >= 4 is 33.6 Å². The Bertz CT molecular complexity index is 741. The van der Waals surface area contributed by atoms with Crippen molar-refractivity contribution in [3.8, 4) is 11.5 Å². The third-order valence-corrected chi connectivity index (χ3v) is 3.77. The van der Waals surface area contributed by atoms with Crippen LogP contribution in [0.5, 0.6) is 11.5 Å². The quantitative estimate of drug-likeness (QED) is 0.786. The molecule has 0 atom stereocenters. The van der Waals surface area contributed by atoms with Gasteiger partial charge in [-0.05, 0) is 54.5 Å². The van der Waals surface area contributed by atoms with E-state index in [0.717, 1.165) is 21.3 Å². The molecule has 4 nitrogen and oxygen atoms in total. The molecule has 0 aliphatic rings. The predicted molar refractivity (Wildman–Crippen MR) is 96.1 cm³/mol. The van der Waals surface area contributed by atoms with Gasteiger partial charge in [-0.2, -0.15) is 0 Å². The molecule has 2 aromatic carbocycles. The van der Waals surface area contributed by atoms with Crippen molar-refractivity contribution in [2.45, 2.75) is 6.92 Å². The number of carbonyl (C=O) groups excluding carboxylic acids is 1. The molecule has 5 heteroatoms. The number of amides is 1. The van der Waals surface area contributed by atoms with Crippen molar-refractivity contribution in [3.63, 3.8) is 0 Å². The fourth-order valence-electron chi connectivity index (χ4n) is 2.07. The van der Waals surface area contributed by atoms with E-state index in [1.165, 1.54) is 6.08 Å². The highest BCUT2D eigenvalue weighted by atomic mass is 79.9. The fraction of sp³-hybridized carbons (Fsp3) is 0.167. The number of hydrogen-bond acceptors (Lipinski definition) is 3. The number of nitrogens with one attached hydrogen (secondary N) is 1. The number of hydrogen-bond donors (Lipinski definition) is 1. The lowest BCUT2D eigenvalue weighted by Crippen LogP contribution is -2.08. The molecule has 2 rings (SSSR count). The van der Waals surface area contributed by atoms with Crippen molar-refractivity contribution < 1.29 is 14.3 Å². The van der Waals surface area contributed by atoms with Gasteiger partial charge < -0.3 is 14.8 Å². The van der Waals surface area contributed by atoms with Gasteiger partial charge in [0, 0.05) is 16.2 Å². The minimum absolute atomic E-state index is 0.190. The fourth-order valence-corrected chi connectivity index (χ4v) is 2.55. The summed E-state index contributed by atoms with van der Waals surface area (Å²) in [6.45, 7) is 1.94. The minimum Gasteiger partial charge on any atom is -0.493 e. The zero-order chi connectivity index (χ0) is 16.8. The summed E-state index contributed by atoms with van der Waals surface area (Å²) in [6.07, 6.45) is 3.22. The highest BCUT2D eigenvalue weighted by Gasteiger charge is 2.04. The third-order valence-electron chi connectivity index (χ3n) is 3.28. The first-order chi connectivity index (χ1) is 11.0. The molecule has 23 heavy (non-hydrogen) atoms. The first-order valence-electron chi connectivity index (χ1n) is 7.00. The van der Waals surface area contributed by atoms with Gasteiger partial charge in [0.05, 0.1) is 14.2 Å². The summed E-state index contributed by atoms with van der Waals surface area (Å²) in [6, 6.07) is 11.2. The molecule has 2 aromatic rings. The highest BCUT2D eigenvalue weighted by Crippen LogP contribution is 2.28. The Hall–Kier alpha value is -2.27. The Kier molecular flexibility index (Phi) is 5.82. The Balaban J connectivity index is 2.09. The number of aryl methyl sites for hydroxylation is 1. The number of halogens is 1. The SMILES string of the molecule is COc1ccc(/C=C/C(=O)Nc2ccc(Br)cc2C)cc1OC. The zero-order valence-electron chi connectivity index (χ0n) is 13.2. The van der Waals surface area contributed by atoms with Crippen molar-refractivity contribution in [1.29, 1.82) is 0 Å². The lowest BCUT2D eigenvalue weighted by molar-refractivity contribution is -0.111. The topological polar surface area (TPSA) is 47.6 Å². The summed E-state index contributed by atoms with van der Waals surface area (Å²) in [5.41, 5.74) is 2.63. The van der Waals surface area contributed by atoms with Gasteiger partial charge in [0.15, 0.2) is 11.5 Å². The van der Waals surface area contributed by atoms with E-state index in [9.17, 15) is 4.79 Å². The summed E-state index contributed by atoms with van der Waals surface area (Å²) < 4.78 is 11.4. The van der Waals surface area contributed by atoms with Crippen LogP contribution in [0.3, 0.4) is 0 Å². The number of benzene rings is 2. The average molecular weight is 376 g/mol. The smallest absolute Gasteiger partial charge is 0.248 e. The molecule has 0 saturated carbocycles. The van der Waals surface area contributed by atoms with E-state index >= 15 is 0 Å². The van der Waals surface area contributed by atoms with Gasteiger partial charge >= 0.3 is 0 Å². The molecule has 0 aromatic heterocycles. The number of anilines is 1. The molecule has 1 amide bonds.